The highest BCUT2D eigenvalue weighted by Crippen LogP contribution is 2.38. The molecule has 0 unspecified atom stereocenters. The summed E-state index contributed by atoms with van der Waals surface area (Å²) < 4.78 is 25.3. The van der Waals surface area contributed by atoms with E-state index < -0.39 is 10.0 Å². The number of aromatic amines is 1. The lowest BCUT2D eigenvalue weighted by molar-refractivity contribution is 0.607. The molecule has 0 aliphatic heterocycles. The summed E-state index contributed by atoms with van der Waals surface area (Å²) in [5, 5.41) is 2.50. The molecule has 0 fully saturated rings. The van der Waals surface area contributed by atoms with Crippen LogP contribution in [0, 0.1) is 0 Å². The van der Waals surface area contributed by atoms with E-state index in [1.165, 1.54) is 21.9 Å². The van der Waals surface area contributed by atoms with Crippen molar-refractivity contribution in [2.24, 2.45) is 0 Å². The number of hydrogen-bond donors (Lipinski definition) is 2. The molecule has 2 aromatic carbocycles. The minimum Gasteiger partial charge on any atom is -0.361 e. The summed E-state index contributed by atoms with van der Waals surface area (Å²) in [5.41, 5.74) is 7.46. The number of benzene rings is 2. The van der Waals surface area contributed by atoms with E-state index in [4.69, 9.17) is 4.98 Å². The SMILES string of the molecule is CS(=O)(=O)Nc1ccc(-c2nc3ccc4[nH]ccc4c3c3c2CCC3)cc1. The van der Waals surface area contributed by atoms with E-state index in [1.54, 1.807) is 12.1 Å². The molecule has 0 saturated heterocycles. The van der Waals surface area contributed by atoms with Gasteiger partial charge in [-0.1, -0.05) is 12.1 Å². The van der Waals surface area contributed by atoms with Gasteiger partial charge in [-0.25, -0.2) is 13.4 Å². The Morgan fingerprint density at radius 1 is 1.00 bits per heavy atom. The van der Waals surface area contributed by atoms with Crippen molar-refractivity contribution < 1.29 is 8.42 Å². The highest BCUT2D eigenvalue weighted by molar-refractivity contribution is 7.92. The van der Waals surface area contributed by atoms with Crippen LogP contribution in [0.2, 0.25) is 0 Å². The van der Waals surface area contributed by atoms with Gasteiger partial charge in [-0.3, -0.25) is 4.72 Å². The summed E-state index contributed by atoms with van der Waals surface area (Å²) >= 11 is 0. The second-order valence-electron chi connectivity index (χ2n) is 7.12. The zero-order chi connectivity index (χ0) is 18.6. The van der Waals surface area contributed by atoms with Crippen LogP contribution < -0.4 is 4.72 Å². The maximum absolute atomic E-state index is 11.4. The predicted molar refractivity (Wildman–Crippen MR) is 110 cm³/mol. The summed E-state index contributed by atoms with van der Waals surface area (Å²) in [6, 6.07) is 13.7. The fraction of sp³-hybridized carbons (Fsp3) is 0.190. The highest BCUT2D eigenvalue weighted by Gasteiger charge is 2.22. The van der Waals surface area contributed by atoms with Crippen LogP contribution >= 0.6 is 0 Å². The number of H-pyrrole nitrogens is 1. The zero-order valence-electron chi connectivity index (χ0n) is 14.9. The molecule has 6 heteroatoms. The first-order valence-corrected chi connectivity index (χ1v) is 10.9. The molecule has 5 rings (SSSR count). The Morgan fingerprint density at radius 2 is 1.78 bits per heavy atom. The molecule has 0 spiro atoms. The minimum absolute atomic E-state index is 0.563. The van der Waals surface area contributed by atoms with Gasteiger partial charge in [-0.2, -0.15) is 0 Å². The first kappa shape index (κ1) is 16.3. The van der Waals surface area contributed by atoms with Crippen LogP contribution in [0.4, 0.5) is 5.69 Å². The largest absolute Gasteiger partial charge is 0.361 e. The van der Waals surface area contributed by atoms with Crippen molar-refractivity contribution in [3.63, 3.8) is 0 Å². The molecule has 0 bridgehead atoms. The monoisotopic (exact) mass is 377 g/mol. The second kappa shape index (κ2) is 5.82. The number of fused-ring (bicyclic) bond motifs is 5. The Labute approximate surface area is 157 Å². The van der Waals surface area contributed by atoms with E-state index in [9.17, 15) is 8.42 Å². The van der Waals surface area contributed by atoms with E-state index in [1.807, 2.05) is 18.3 Å². The quantitative estimate of drug-likeness (QED) is 0.561. The third-order valence-corrected chi connectivity index (χ3v) is 5.82. The van der Waals surface area contributed by atoms with Crippen LogP contribution in [0.5, 0.6) is 0 Å². The number of aromatic nitrogens is 2. The summed E-state index contributed by atoms with van der Waals surface area (Å²) in [6.45, 7) is 0. The zero-order valence-corrected chi connectivity index (χ0v) is 15.7. The summed E-state index contributed by atoms with van der Waals surface area (Å²) in [5.74, 6) is 0. The maximum atomic E-state index is 11.4. The Hall–Kier alpha value is -2.86. The third kappa shape index (κ3) is 2.77. The van der Waals surface area contributed by atoms with Crippen LogP contribution in [-0.4, -0.2) is 24.6 Å². The number of anilines is 1. The van der Waals surface area contributed by atoms with Crippen molar-refractivity contribution in [3.05, 3.63) is 59.8 Å². The number of nitrogens with one attached hydrogen (secondary N) is 2. The molecule has 0 amide bonds. The fourth-order valence-corrected chi connectivity index (χ4v) is 4.71. The number of rotatable bonds is 3. The van der Waals surface area contributed by atoms with Crippen molar-refractivity contribution >= 4 is 37.5 Å². The molecule has 27 heavy (non-hydrogen) atoms. The van der Waals surface area contributed by atoms with E-state index in [0.29, 0.717) is 5.69 Å². The average Bonchev–Trinajstić information content (AvgIpc) is 3.29. The van der Waals surface area contributed by atoms with Gasteiger partial charge < -0.3 is 4.98 Å². The normalized spacial score (nSPS) is 14.0. The minimum atomic E-state index is -3.28. The Kier molecular flexibility index (Phi) is 3.52. The van der Waals surface area contributed by atoms with Gasteiger partial charge >= 0.3 is 0 Å². The van der Waals surface area contributed by atoms with E-state index in [2.05, 4.69) is 27.9 Å². The number of sulfonamides is 1. The summed E-state index contributed by atoms with van der Waals surface area (Å²) in [7, 11) is -3.28. The van der Waals surface area contributed by atoms with E-state index >= 15 is 0 Å². The van der Waals surface area contributed by atoms with Crippen molar-refractivity contribution in [2.75, 3.05) is 11.0 Å². The average molecular weight is 377 g/mol. The Balaban J connectivity index is 1.69. The van der Waals surface area contributed by atoms with Crippen LogP contribution in [0.15, 0.2) is 48.7 Å². The molecule has 0 atom stereocenters. The molecule has 1 aliphatic rings. The Bertz CT molecular complexity index is 1290. The Morgan fingerprint density at radius 3 is 2.56 bits per heavy atom. The van der Waals surface area contributed by atoms with Gasteiger partial charge in [0.2, 0.25) is 10.0 Å². The maximum Gasteiger partial charge on any atom is 0.229 e. The van der Waals surface area contributed by atoms with Gasteiger partial charge in [0, 0.05) is 33.7 Å². The van der Waals surface area contributed by atoms with E-state index in [-0.39, 0.29) is 0 Å². The molecule has 136 valence electrons. The number of nitrogens with zero attached hydrogens (tertiary/aromatic N) is 1. The van der Waals surface area contributed by atoms with Gasteiger partial charge in [-0.05, 0) is 60.7 Å². The molecule has 0 radical (unpaired) electrons. The van der Waals surface area contributed by atoms with Gasteiger partial charge in [-0.15, -0.1) is 0 Å². The van der Waals surface area contributed by atoms with Crippen molar-refractivity contribution in [3.8, 4) is 11.3 Å². The number of aryl methyl sites for hydroxylation is 1. The van der Waals surface area contributed by atoms with Crippen molar-refractivity contribution in [1.29, 1.82) is 0 Å². The molecule has 1 aliphatic carbocycles. The molecular formula is C21H19N3O2S. The first-order chi connectivity index (χ1) is 13.0. The van der Waals surface area contributed by atoms with Gasteiger partial charge in [0.05, 0.1) is 17.5 Å². The standard InChI is InChI=1S/C21H19N3O2S/c1-27(25,26)24-14-7-5-13(6-8-14)21-16-4-2-3-15(16)20-17-11-12-22-18(17)9-10-19(20)23-21/h5-12,22,24H,2-4H2,1H3. The fourth-order valence-electron chi connectivity index (χ4n) is 4.15. The van der Waals surface area contributed by atoms with Crippen LogP contribution in [0.1, 0.15) is 17.5 Å². The van der Waals surface area contributed by atoms with Gasteiger partial charge in [0.25, 0.3) is 0 Å². The van der Waals surface area contributed by atoms with Crippen molar-refractivity contribution in [1.82, 2.24) is 9.97 Å². The van der Waals surface area contributed by atoms with Gasteiger partial charge in [0.1, 0.15) is 0 Å². The molecule has 5 nitrogen and oxygen atoms in total. The summed E-state index contributed by atoms with van der Waals surface area (Å²) in [4.78, 5) is 8.29. The first-order valence-electron chi connectivity index (χ1n) is 8.99. The molecule has 2 heterocycles. The predicted octanol–water partition coefficient (Wildman–Crippen LogP) is 4.24. The van der Waals surface area contributed by atoms with Crippen LogP contribution in [-0.2, 0) is 22.9 Å². The summed E-state index contributed by atoms with van der Waals surface area (Å²) in [6.07, 6.45) is 6.36. The highest BCUT2D eigenvalue weighted by atomic mass is 32.2. The molecule has 2 aromatic heterocycles. The lowest BCUT2D eigenvalue weighted by Crippen LogP contribution is -2.09. The molecule has 2 N–H and O–H groups in total. The second-order valence-corrected chi connectivity index (χ2v) is 8.87. The lowest BCUT2D eigenvalue weighted by Gasteiger charge is -2.13. The molecule has 4 aromatic rings. The van der Waals surface area contributed by atoms with Crippen LogP contribution in [0.25, 0.3) is 33.1 Å². The van der Waals surface area contributed by atoms with Crippen LogP contribution in [0.3, 0.4) is 0 Å². The lowest BCUT2D eigenvalue weighted by atomic mass is 9.97. The number of hydrogen-bond acceptors (Lipinski definition) is 3. The third-order valence-electron chi connectivity index (χ3n) is 5.21. The van der Waals surface area contributed by atoms with Gasteiger partial charge in [0.15, 0.2) is 0 Å². The van der Waals surface area contributed by atoms with E-state index in [0.717, 1.165) is 47.8 Å². The molecule has 0 saturated carbocycles. The van der Waals surface area contributed by atoms with Crippen molar-refractivity contribution in [2.45, 2.75) is 19.3 Å². The topological polar surface area (TPSA) is 74.8 Å². The molecular weight excluding hydrogens is 358 g/mol. The smallest absolute Gasteiger partial charge is 0.229 e. The number of pyridine rings is 1.